The third kappa shape index (κ3) is 33.6. The van der Waals surface area contributed by atoms with E-state index in [0.717, 1.165) is 77.0 Å². The van der Waals surface area contributed by atoms with E-state index in [9.17, 15) is 19.0 Å². The van der Waals surface area contributed by atoms with Gasteiger partial charge in [-0.25, -0.2) is 4.57 Å². The molecule has 2 N–H and O–H groups in total. The Kier molecular flexibility index (Phi) is 32.9. The number of carbonyl (C=O) groups excluding carboxylic acids is 2. The molecule has 0 aliphatic heterocycles. The van der Waals surface area contributed by atoms with Crippen molar-refractivity contribution < 1.29 is 37.6 Å². The molecule has 0 aromatic carbocycles. The predicted molar refractivity (Wildman–Crippen MR) is 197 cm³/mol. The molecule has 9 nitrogen and oxygen atoms in total. The molecule has 0 saturated carbocycles. The summed E-state index contributed by atoms with van der Waals surface area (Å²) < 4.78 is 32.9. The second-order valence-corrected chi connectivity index (χ2v) is 13.1. The van der Waals surface area contributed by atoms with E-state index in [2.05, 4.69) is 79.9 Å². The first-order valence-corrected chi connectivity index (χ1v) is 19.7. The van der Waals surface area contributed by atoms with E-state index < -0.39 is 32.5 Å². The van der Waals surface area contributed by atoms with E-state index in [0.29, 0.717) is 19.4 Å². The van der Waals surface area contributed by atoms with Crippen molar-refractivity contribution in [2.75, 3.05) is 33.4 Å². The highest BCUT2D eigenvalue weighted by Crippen LogP contribution is 2.43. The van der Waals surface area contributed by atoms with Crippen LogP contribution < -0.4 is 5.32 Å². The second kappa shape index (κ2) is 34.6. The normalized spacial score (nSPS) is 14.2. The Labute approximate surface area is 291 Å². The van der Waals surface area contributed by atoms with Crippen molar-refractivity contribution in [2.45, 2.75) is 136 Å². The number of esters is 2. The zero-order chi connectivity index (χ0) is 35.4. The van der Waals surface area contributed by atoms with Crippen molar-refractivity contribution in [3.8, 4) is 0 Å². The summed E-state index contributed by atoms with van der Waals surface area (Å²) in [5.41, 5.74) is 0. The van der Waals surface area contributed by atoms with Gasteiger partial charge in [-0.3, -0.25) is 18.6 Å². The highest BCUT2D eigenvalue weighted by atomic mass is 31.2. The van der Waals surface area contributed by atoms with E-state index in [1.165, 1.54) is 12.8 Å². The SMILES string of the molecule is CC/C=C\C/C=C\C/C=C\C/C=C\CCCCC(=O)OCC(COP(=O)(O)OCCNC)OC(=O)CCCCCCC/C=C\CCCC. The maximum absolute atomic E-state index is 12.5. The van der Waals surface area contributed by atoms with Crippen LogP contribution in [0.1, 0.15) is 129 Å². The Morgan fingerprint density at radius 3 is 1.83 bits per heavy atom. The van der Waals surface area contributed by atoms with Crippen LogP contribution in [0.2, 0.25) is 0 Å². The minimum absolute atomic E-state index is 0.0280. The van der Waals surface area contributed by atoms with Gasteiger partial charge in [-0.05, 0) is 77.7 Å². The quantitative estimate of drug-likeness (QED) is 0.0299. The summed E-state index contributed by atoms with van der Waals surface area (Å²) in [6, 6.07) is 0. The molecule has 0 aromatic heterocycles. The molecule has 2 atom stereocenters. The number of nitrogens with one attached hydrogen (secondary N) is 1. The predicted octanol–water partition coefficient (Wildman–Crippen LogP) is 9.64. The van der Waals surface area contributed by atoms with Crippen LogP contribution in [0.15, 0.2) is 60.8 Å². The second-order valence-electron chi connectivity index (χ2n) is 11.7. The standard InChI is InChI=1S/C38H66NO8P/c1-4-6-8-10-12-14-16-17-18-19-21-22-24-26-28-30-37(40)44-34-36(35-46-48(42,43)45-33-32-39-3)47-38(41)31-29-27-25-23-20-15-13-11-9-7-5-2/h6,8,11-14,17-18,21-22,36,39H,4-5,7,9-10,15-16,19-20,23-35H2,1-3H3,(H,42,43)/b8-6-,13-11-,14-12-,18-17-,22-21-. The van der Waals surface area contributed by atoms with E-state index >= 15 is 0 Å². The first-order chi connectivity index (χ1) is 23.3. The van der Waals surface area contributed by atoms with Gasteiger partial charge in [0.15, 0.2) is 6.10 Å². The summed E-state index contributed by atoms with van der Waals surface area (Å²) in [6.45, 7) is 3.97. The van der Waals surface area contributed by atoms with Crippen molar-refractivity contribution in [1.29, 1.82) is 0 Å². The summed E-state index contributed by atoms with van der Waals surface area (Å²) in [5, 5.41) is 2.81. The molecule has 276 valence electrons. The highest BCUT2D eigenvalue weighted by molar-refractivity contribution is 7.47. The largest absolute Gasteiger partial charge is 0.472 e. The summed E-state index contributed by atoms with van der Waals surface area (Å²) in [5.74, 6) is -0.876. The molecule has 0 aromatic rings. The van der Waals surface area contributed by atoms with Crippen molar-refractivity contribution in [1.82, 2.24) is 5.32 Å². The third-order valence-corrected chi connectivity index (χ3v) is 8.11. The number of hydrogen-bond acceptors (Lipinski definition) is 8. The van der Waals surface area contributed by atoms with E-state index in [-0.39, 0.29) is 26.1 Å². The van der Waals surface area contributed by atoms with Crippen LogP contribution in [0.25, 0.3) is 0 Å². The number of unbranched alkanes of at least 4 members (excludes halogenated alkanes) is 9. The average Bonchev–Trinajstić information content (AvgIpc) is 3.06. The van der Waals surface area contributed by atoms with Crippen LogP contribution in [0.3, 0.4) is 0 Å². The van der Waals surface area contributed by atoms with Crippen LogP contribution in [0.4, 0.5) is 0 Å². The lowest BCUT2D eigenvalue weighted by Gasteiger charge is -2.20. The van der Waals surface area contributed by atoms with Gasteiger partial charge in [0.1, 0.15) is 6.61 Å². The Balaban J connectivity index is 4.41. The molecule has 0 aliphatic carbocycles. The summed E-state index contributed by atoms with van der Waals surface area (Å²) >= 11 is 0. The fourth-order valence-electron chi connectivity index (χ4n) is 4.35. The average molecular weight is 696 g/mol. The van der Waals surface area contributed by atoms with E-state index in [4.69, 9.17) is 18.5 Å². The van der Waals surface area contributed by atoms with Gasteiger partial charge in [0.25, 0.3) is 0 Å². The first kappa shape index (κ1) is 45.7. The number of phosphoric acid groups is 1. The molecular formula is C38H66NO8P. The van der Waals surface area contributed by atoms with Crippen LogP contribution in [0, 0.1) is 0 Å². The number of rotatable bonds is 33. The Morgan fingerprint density at radius 1 is 0.667 bits per heavy atom. The molecule has 0 aliphatic rings. The van der Waals surface area contributed by atoms with Crippen molar-refractivity contribution in [3.05, 3.63) is 60.8 Å². The van der Waals surface area contributed by atoms with Crippen LogP contribution in [-0.4, -0.2) is 56.3 Å². The zero-order valence-corrected chi connectivity index (χ0v) is 31.1. The molecule has 0 amide bonds. The molecule has 0 saturated heterocycles. The van der Waals surface area contributed by atoms with Gasteiger partial charge in [-0.15, -0.1) is 0 Å². The van der Waals surface area contributed by atoms with Crippen LogP contribution in [0.5, 0.6) is 0 Å². The Bertz CT molecular complexity index is 976. The van der Waals surface area contributed by atoms with Crippen molar-refractivity contribution in [3.63, 3.8) is 0 Å². The molecule has 0 bridgehead atoms. The Hall–Kier alpha value is -2.29. The fourth-order valence-corrected chi connectivity index (χ4v) is 5.10. The van der Waals surface area contributed by atoms with Gasteiger partial charge in [0.2, 0.25) is 0 Å². The maximum Gasteiger partial charge on any atom is 0.472 e. The zero-order valence-electron chi connectivity index (χ0n) is 30.2. The molecule has 0 heterocycles. The highest BCUT2D eigenvalue weighted by Gasteiger charge is 2.26. The lowest BCUT2D eigenvalue weighted by molar-refractivity contribution is -0.161. The lowest BCUT2D eigenvalue weighted by atomic mass is 10.1. The van der Waals surface area contributed by atoms with Gasteiger partial charge in [-0.1, -0.05) is 107 Å². The minimum Gasteiger partial charge on any atom is -0.462 e. The molecule has 10 heteroatoms. The van der Waals surface area contributed by atoms with E-state index in [1.807, 2.05) is 0 Å². The van der Waals surface area contributed by atoms with Gasteiger partial charge in [0, 0.05) is 19.4 Å². The lowest BCUT2D eigenvalue weighted by Crippen LogP contribution is -2.29. The van der Waals surface area contributed by atoms with E-state index in [1.54, 1.807) is 7.05 Å². The number of carbonyl (C=O) groups is 2. The number of phosphoric ester groups is 1. The monoisotopic (exact) mass is 695 g/mol. The molecule has 0 fully saturated rings. The number of hydrogen-bond donors (Lipinski definition) is 2. The minimum atomic E-state index is -4.35. The number of ether oxygens (including phenoxy) is 2. The summed E-state index contributed by atoms with van der Waals surface area (Å²) in [7, 11) is -2.67. The van der Waals surface area contributed by atoms with Gasteiger partial charge in [-0.2, -0.15) is 0 Å². The van der Waals surface area contributed by atoms with Crippen LogP contribution >= 0.6 is 7.82 Å². The smallest absolute Gasteiger partial charge is 0.462 e. The van der Waals surface area contributed by atoms with Crippen molar-refractivity contribution >= 4 is 19.8 Å². The number of likely N-dealkylation sites (N-methyl/N-ethyl adjacent to an activating group) is 1. The fraction of sp³-hybridized carbons (Fsp3) is 0.684. The molecular weight excluding hydrogens is 629 g/mol. The molecule has 2 unspecified atom stereocenters. The van der Waals surface area contributed by atoms with Gasteiger partial charge < -0.3 is 19.7 Å². The van der Waals surface area contributed by atoms with Crippen LogP contribution in [-0.2, 0) is 32.7 Å². The molecule has 0 rings (SSSR count). The molecule has 48 heavy (non-hydrogen) atoms. The topological polar surface area (TPSA) is 120 Å². The first-order valence-electron chi connectivity index (χ1n) is 18.2. The Morgan fingerprint density at radius 2 is 1.19 bits per heavy atom. The number of allylic oxidation sites excluding steroid dienone is 10. The van der Waals surface area contributed by atoms with Crippen molar-refractivity contribution in [2.24, 2.45) is 0 Å². The molecule has 0 radical (unpaired) electrons. The maximum atomic E-state index is 12.5. The third-order valence-electron chi connectivity index (χ3n) is 7.12. The summed E-state index contributed by atoms with van der Waals surface area (Å²) in [6.07, 6.45) is 37.0. The molecule has 0 spiro atoms. The van der Waals surface area contributed by atoms with Gasteiger partial charge >= 0.3 is 19.8 Å². The van der Waals surface area contributed by atoms with Gasteiger partial charge in [0.05, 0.1) is 13.2 Å². The summed E-state index contributed by atoms with van der Waals surface area (Å²) in [4.78, 5) is 34.8.